The van der Waals surface area contributed by atoms with Gasteiger partial charge in [0.2, 0.25) is 10.0 Å². The van der Waals surface area contributed by atoms with E-state index in [4.69, 9.17) is 14.5 Å². The number of aromatic nitrogens is 2. The summed E-state index contributed by atoms with van der Waals surface area (Å²) in [6, 6.07) is 14.5. The van der Waals surface area contributed by atoms with Gasteiger partial charge >= 0.3 is 0 Å². The van der Waals surface area contributed by atoms with Gasteiger partial charge in [-0.1, -0.05) is 12.1 Å². The van der Waals surface area contributed by atoms with Crippen LogP contribution in [0.4, 0.5) is 5.82 Å². The number of aryl methyl sites for hydroxylation is 2. The lowest BCUT2D eigenvalue weighted by atomic mass is 10.0. The number of hydrogen-bond donors (Lipinski definition) is 0. The number of hydrogen-bond acceptors (Lipinski definition) is 7. The topological polar surface area (TPSA) is 84.9 Å². The first kappa shape index (κ1) is 24.0. The highest BCUT2D eigenvalue weighted by Gasteiger charge is 2.30. The van der Waals surface area contributed by atoms with Crippen LogP contribution in [0.5, 0.6) is 11.5 Å². The molecule has 1 aromatic heterocycles. The maximum absolute atomic E-state index is 13.1. The quantitative estimate of drug-likeness (QED) is 0.511. The fourth-order valence-corrected chi connectivity index (χ4v) is 5.59. The van der Waals surface area contributed by atoms with Gasteiger partial charge in [0.15, 0.2) is 0 Å². The van der Waals surface area contributed by atoms with Gasteiger partial charge in [0.05, 0.1) is 19.1 Å². The molecule has 180 valence electrons. The molecule has 0 spiro atoms. The molecule has 1 aliphatic rings. The Kier molecular flexibility index (Phi) is 7.04. The van der Waals surface area contributed by atoms with Crippen LogP contribution in [-0.2, 0) is 16.4 Å². The summed E-state index contributed by atoms with van der Waals surface area (Å²) in [6.07, 6.45) is 0.690. The van der Waals surface area contributed by atoms with Gasteiger partial charge in [0, 0.05) is 43.9 Å². The highest BCUT2D eigenvalue weighted by atomic mass is 32.2. The number of anilines is 1. The molecular weight excluding hydrogens is 452 g/mol. The fraction of sp³-hybridized carbons (Fsp3) is 0.360. The van der Waals surface area contributed by atoms with E-state index in [1.54, 1.807) is 38.5 Å². The van der Waals surface area contributed by atoms with Crippen molar-refractivity contribution in [3.8, 4) is 11.5 Å². The van der Waals surface area contributed by atoms with Crippen LogP contribution in [0, 0.1) is 13.8 Å². The number of ether oxygens (including phenoxy) is 2. The van der Waals surface area contributed by atoms with Crippen LogP contribution in [0.15, 0.2) is 53.4 Å². The predicted octanol–water partition coefficient (Wildman–Crippen LogP) is 3.21. The summed E-state index contributed by atoms with van der Waals surface area (Å²) in [5, 5.41) is 0. The van der Waals surface area contributed by atoms with E-state index in [1.165, 1.54) is 4.31 Å². The maximum Gasteiger partial charge on any atom is 0.243 e. The average Bonchev–Trinajstić information content (AvgIpc) is 2.86. The Bertz CT molecular complexity index is 1240. The summed E-state index contributed by atoms with van der Waals surface area (Å²) in [4.78, 5) is 11.8. The Hall–Kier alpha value is -3.17. The van der Waals surface area contributed by atoms with Crippen molar-refractivity contribution in [1.82, 2.24) is 14.3 Å². The van der Waals surface area contributed by atoms with Gasteiger partial charge in [-0.2, -0.15) is 4.31 Å². The molecule has 0 saturated carbocycles. The third-order valence-electron chi connectivity index (χ3n) is 6.08. The third kappa shape index (κ3) is 5.00. The molecule has 1 saturated heterocycles. The minimum Gasteiger partial charge on any atom is -0.497 e. The molecule has 2 aromatic carbocycles. The first-order valence-corrected chi connectivity index (χ1v) is 12.6. The molecule has 4 rings (SSSR count). The van der Waals surface area contributed by atoms with Gasteiger partial charge in [-0.15, -0.1) is 0 Å². The zero-order valence-corrected chi connectivity index (χ0v) is 20.8. The van der Waals surface area contributed by atoms with E-state index in [0.29, 0.717) is 44.2 Å². The van der Waals surface area contributed by atoms with E-state index in [9.17, 15) is 8.42 Å². The molecule has 0 atom stereocenters. The van der Waals surface area contributed by atoms with Crippen LogP contribution in [-0.4, -0.2) is 63.1 Å². The Balaban J connectivity index is 1.53. The molecular formula is C25H30N4O4S. The van der Waals surface area contributed by atoms with Crippen LogP contribution in [0.2, 0.25) is 0 Å². The van der Waals surface area contributed by atoms with Crippen LogP contribution in [0.1, 0.15) is 22.6 Å². The number of benzene rings is 2. The number of rotatable bonds is 7. The molecule has 8 nitrogen and oxygen atoms in total. The molecule has 0 amide bonds. The first-order chi connectivity index (χ1) is 16.3. The normalized spacial score (nSPS) is 14.8. The Morgan fingerprint density at radius 3 is 1.94 bits per heavy atom. The molecule has 9 heteroatoms. The fourth-order valence-electron chi connectivity index (χ4n) is 4.17. The van der Waals surface area contributed by atoms with Crippen molar-refractivity contribution >= 4 is 15.8 Å². The minimum atomic E-state index is -3.57. The molecule has 1 aliphatic heterocycles. The monoisotopic (exact) mass is 482 g/mol. The zero-order chi connectivity index (χ0) is 24.3. The second-order valence-corrected chi connectivity index (χ2v) is 10.2. The molecule has 3 aromatic rings. The summed E-state index contributed by atoms with van der Waals surface area (Å²) in [7, 11) is -0.358. The zero-order valence-electron chi connectivity index (χ0n) is 20.0. The Labute approximate surface area is 201 Å². The van der Waals surface area contributed by atoms with E-state index in [-0.39, 0.29) is 4.90 Å². The lowest BCUT2D eigenvalue weighted by Gasteiger charge is -2.36. The van der Waals surface area contributed by atoms with Gasteiger partial charge in [0.1, 0.15) is 23.1 Å². The third-order valence-corrected chi connectivity index (χ3v) is 7.99. The standard InChI is InChI=1S/C25H30N4O4S/c1-18-24(17-20-5-7-21(32-3)8-6-20)25(27-19(2)26-18)28-13-15-29(16-14-28)34(30,31)23-11-9-22(33-4)10-12-23/h5-12H,13-17H2,1-4H3. The van der Waals surface area contributed by atoms with Gasteiger partial charge in [0.25, 0.3) is 0 Å². The van der Waals surface area contributed by atoms with Crippen molar-refractivity contribution in [2.75, 3.05) is 45.3 Å². The van der Waals surface area contributed by atoms with Gasteiger partial charge < -0.3 is 14.4 Å². The summed E-state index contributed by atoms with van der Waals surface area (Å²) >= 11 is 0. The van der Waals surface area contributed by atoms with Crippen molar-refractivity contribution in [3.63, 3.8) is 0 Å². The predicted molar refractivity (Wildman–Crippen MR) is 131 cm³/mol. The molecule has 0 bridgehead atoms. The van der Waals surface area contributed by atoms with E-state index < -0.39 is 10.0 Å². The van der Waals surface area contributed by atoms with Crippen LogP contribution in [0.3, 0.4) is 0 Å². The van der Waals surface area contributed by atoms with Crippen molar-refractivity contribution in [2.45, 2.75) is 25.2 Å². The highest BCUT2D eigenvalue weighted by molar-refractivity contribution is 7.89. The molecule has 0 N–H and O–H groups in total. The first-order valence-electron chi connectivity index (χ1n) is 11.2. The van der Waals surface area contributed by atoms with E-state index >= 15 is 0 Å². The highest BCUT2D eigenvalue weighted by Crippen LogP contribution is 2.27. The summed E-state index contributed by atoms with van der Waals surface area (Å²) < 4.78 is 38.2. The molecule has 0 radical (unpaired) electrons. The van der Waals surface area contributed by atoms with Crippen LogP contribution >= 0.6 is 0 Å². The minimum absolute atomic E-state index is 0.274. The SMILES string of the molecule is COc1ccc(Cc2c(C)nc(C)nc2N2CCN(S(=O)(=O)c3ccc(OC)cc3)CC2)cc1. The van der Waals surface area contributed by atoms with E-state index in [0.717, 1.165) is 28.4 Å². The number of piperazine rings is 1. The smallest absolute Gasteiger partial charge is 0.243 e. The second kappa shape index (κ2) is 9.99. The summed E-state index contributed by atoms with van der Waals surface area (Å²) in [5.41, 5.74) is 3.13. The van der Waals surface area contributed by atoms with Crippen molar-refractivity contribution < 1.29 is 17.9 Å². The van der Waals surface area contributed by atoms with Gasteiger partial charge in [-0.05, 0) is 55.8 Å². The number of methoxy groups -OCH3 is 2. The summed E-state index contributed by atoms with van der Waals surface area (Å²) in [6.45, 7) is 5.78. The van der Waals surface area contributed by atoms with E-state index in [2.05, 4.69) is 9.88 Å². The van der Waals surface area contributed by atoms with Crippen LogP contribution < -0.4 is 14.4 Å². The van der Waals surface area contributed by atoms with E-state index in [1.807, 2.05) is 38.1 Å². The van der Waals surface area contributed by atoms with Crippen molar-refractivity contribution in [2.24, 2.45) is 0 Å². The number of sulfonamides is 1. The molecule has 0 unspecified atom stereocenters. The molecule has 1 fully saturated rings. The molecule has 34 heavy (non-hydrogen) atoms. The lowest BCUT2D eigenvalue weighted by Crippen LogP contribution is -2.49. The van der Waals surface area contributed by atoms with Crippen molar-refractivity contribution in [1.29, 1.82) is 0 Å². The van der Waals surface area contributed by atoms with Gasteiger partial charge in [-0.3, -0.25) is 0 Å². The Morgan fingerprint density at radius 2 is 1.38 bits per heavy atom. The lowest BCUT2D eigenvalue weighted by molar-refractivity contribution is 0.383. The molecule has 2 heterocycles. The molecule has 0 aliphatic carbocycles. The van der Waals surface area contributed by atoms with Crippen molar-refractivity contribution in [3.05, 3.63) is 71.2 Å². The Morgan fingerprint density at radius 1 is 0.824 bits per heavy atom. The summed E-state index contributed by atoms with van der Waals surface area (Å²) in [5.74, 6) is 3.03. The van der Waals surface area contributed by atoms with Crippen LogP contribution in [0.25, 0.3) is 0 Å². The average molecular weight is 483 g/mol. The largest absolute Gasteiger partial charge is 0.497 e. The maximum atomic E-state index is 13.1. The second-order valence-electron chi connectivity index (χ2n) is 8.25. The number of nitrogens with zero attached hydrogens (tertiary/aromatic N) is 4. The van der Waals surface area contributed by atoms with Gasteiger partial charge in [-0.25, -0.2) is 18.4 Å².